The Morgan fingerprint density at radius 2 is 2.05 bits per heavy atom. The van der Waals surface area contributed by atoms with Crippen LogP contribution in [0, 0.1) is 6.92 Å². The summed E-state index contributed by atoms with van der Waals surface area (Å²) in [5.74, 6) is 0.00289. The van der Waals surface area contributed by atoms with Crippen molar-refractivity contribution in [2.45, 2.75) is 26.2 Å². The molecule has 0 aliphatic carbocycles. The van der Waals surface area contributed by atoms with E-state index in [1.54, 1.807) is 0 Å². The second kappa shape index (κ2) is 6.88. The average molecular weight is 297 g/mol. The van der Waals surface area contributed by atoms with Gasteiger partial charge in [-0.1, -0.05) is 18.2 Å². The van der Waals surface area contributed by atoms with E-state index in [4.69, 9.17) is 0 Å². The minimum atomic E-state index is 0.00289. The maximum absolute atomic E-state index is 12.5. The van der Waals surface area contributed by atoms with Gasteiger partial charge >= 0.3 is 0 Å². The molecular weight excluding hydrogens is 274 g/mol. The van der Waals surface area contributed by atoms with E-state index >= 15 is 0 Å². The lowest BCUT2D eigenvalue weighted by Crippen LogP contribution is -2.28. The van der Waals surface area contributed by atoms with Gasteiger partial charge < -0.3 is 10.2 Å². The molecular formula is C18H23N3O. The van der Waals surface area contributed by atoms with Gasteiger partial charge in [-0.3, -0.25) is 9.78 Å². The fourth-order valence-corrected chi connectivity index (χ4v) is 3.10. The SMILES string of the molecule is Cc1cc(C(=O)NCCCN2CCCC2)c2ccccc2n1. The number of benzene rings is 1. The molecule has 2 heterocycles. The molecule has 4 heteroatoms. The predicted molar refractivity (Wildman–Crippen MR) is 89.1 cm³/mol. The maximum Gasteiger partial charge on any atom is 0.252 e. The number of aromatic nitrogens is 1. The zero-order chi connectivity index (χ0) is 15.4. The van der Waals surface area contributed by atoms with Gasteiger partial charge in [-0.2, -0.15) is 0 Å². The number of para-hydroxylation sites is 1. The number of carbonyl (C=O) groups excluding carboxylic acids is 1. The monoisotopic (exact) mass is 297 g/mol. The van der Waals surface area contributed by atoms with Crippen molar-refractivity contribution in [3.8, 4) is 0 Å². The van der Waals surface area contributed by atoms with Crippen LogP contribution >= 0.6 is 0 Å². The summed E-state index contributed by atoms with van der Waals surface area (Å²) in [7, 11) is 0. The molecule has 116 valence electrons. The van der Waals surface area contributed by atoms with Gasteiger partial charge in [0, 0.05) is 17.6 Å². The van der Waals surface area contributed by atoms with Crippen LogP contribution in [0.4, 0.5) is 0 Å². The van der Waals surface area contributed by atoms with Crippen molar-refractivity contribution < 1.29 is 4.79 Å². The lowest BCUT2D eigenvalue weighted by molar-refractivity contribution is 0.0953. The first kappa shape index (κ1) is 15.0. The number of aryl methyl sites for hydroxylation is 1. The third kappa shape index (κ3) is 3.45. The van der Waals surface area contributed by atoms with E-state index in [0.29, 0.717) is 0 Å². The van der Waals surface area contributed by atoms with Gasteiger partial charge in [-0.25, -0.2) is 0 Å². The van der Waals surface area contributed by atoms with Crippen LogP contribution in [-0.2, 0) is 0 Å². The van der Waals surface area contributed by atoms with Crippen LogP contribution in [0.2, 0.25) is 0 Å². The Morgan fingerprint density at radius 3 is 2.86 bits per heavy atom. The van der Waals surface area contributed by atoms with Crippen LogP contribution in [0.3, 0.4) is 0 Å². The number of nitrogens with one attached hydrogen (secondary N) is 1. The number of carbonyl (C=O) groups is 1. The van der Waals surface area contributed by atoms with E-state index in [9.17, 15) is 4.79 Å². The van der Waals surface area contributed by atoms with Gasteiger partial charge in [0.1, 0.15) is 0 Å². The number of hydrogen-bond donors (Lipinski definition) is 1. The highest BCUT2D eigenvalue weighted by Crippen LogP contribution is 2.18. The van der Waals surface area contributed by atoms with Gasteiger partial charge in [-0.05, 0) is 58.0 Å². The number of pyridine rings is 1. The summed E-state index contributed by atoms with van der Waals surface area (Å²) < 4.78 is 0. The fraction of sp³-hybridized carbons (Fsp3) is 0.444. The summed E-state index contributed by atoms with van der Waals surface area (Å²) in [5.41, 5.74) is 2.48. The summed E-state index contributed by atoms with van der Waals surface area (Å²) >= 11 is 0. The van der Waals surface area contributed by atoms with Gasteiger partial charge in [0.05, 0.1) is 11.1 Å². The van der Waals surface area contributed by atoms with Gasteiger partial charge in [-0.15, -0.1) is 0 Å². The van der Waals surface area contributed by atoms with Crippen molar-refractivity contribution in [1.29, 1.82) is 0 Å². The lowest BCUT2D eigenvalue weighted by Gasteiger charge is -2.14. The number of rotatable bonds is 5. The van der Waals surface area contributed by atoms with Crippen molar-refractivity contribution in [3.63, 3.8) is 0 Å². The highest BCUT2D eigenvalue weighted by molar-refractivity contribution is 6.06. The molecule has 1 amide bonds. The first-order valence-electron chi connectivity index (χ1n) is 8.11. The third-order valence-corrected chi connectivity index (χ3v) is 4.22. The Hall–Kier alpha value is -1.94. The fourth-order valence-electron chi connectivity index (χ4n) is 3.10. The molecule has 1 aromatic carbocycles. The van der Waals surface area contributed by atoms with E-state index in [-0.39, 0.29) is 5.91 Å². The van der Waals surface area contributed by atoms with E-state index in [1.165, 1.54) is 25.9 Å². The summed E-state index contributed by atoms with van der Waals surface area (Å²) in [5, 5.41) is 3.97. The van der Waals surface area contributed by atoms with Gasteiger partial charge in [0.25, 0.3) is 5.91 Å². The molecule has 1 aromatic heterocycles. The topological polar surface area (TPSA) is 45.2 Å². The molecule has 1 aliphatic rings. The molecule has 0 atom stereocenters. The Morgan fingerprint density at radius 1 is 1.27 bits per heavy atom. The molecule has 0 spiro atoms. The van der Waals surface area contributed by atoms with Crippen molar-refractivity contribution in [3.05, 3.63) is 41.6 Å². The van der Waals surface area contributed by atoms with Crippen LogP contribution in [0.15, 0.2) is 30.3 Å². The molecule has 1 saturated heterocycles. The van der Waals surface area contributed by atoms with Crippen LogP contribution in [0.25, 0.3) is 10.9 Å². The van der Waals surface area contributed by atoms with Gasteiger partial charge in [0.2, 0.25) is 0 Å². The Bertz CT molecular complexity index is 662. The predicted octanol–water partition coefficient (Wildman–Crippen LogP) is 2.76. The molecule has 1 fully saturated rings. The Balaban J connectivity index is 1.62. The molecule has 2 aromatic rings. The second-order valence-corrected chi connectivity index (χ2v) is 5.99. The lowest BCUT2D eigenvalue weighted by atomic mass is 10.1. The van der Waals surface area contributed by atoms with E-state index in [0.717, 1.165) is 41.7 Å². The Kier molecular flexibility index (Phi) is 4.68. The number of amides is 1. The van der Waals surface area contributed by atoms with Crippen LogP contribution in [-0.4, -0.2) is 42.0 Å². The molecule has 1 N–H and O–H groups in total. The number of fused-ring (bicyclic) bond motifs is 1. The highest BCUT2D eigenvalue weighted by Gasteiger charge is 2.13. The number of likely N-dealkylation sites (tertiary alicyclic amines) is 1. The van der Waals surface area contributed by atoms with Crippen molar-refractivity contribution in [2.75, 3.05) is 26.2 Å². The minimum absolute atomic E-state index is 0.00289. The first-order valence-corrected chi connectivity index (χ1v) is 8.11. The smallest absolute Gasteiger partial charge is 0.252 e. The molecule has 4 nitrogen and oxygen atoms in total. The Labute approximate surface area is 131 Å². The van der Waals surface area contributed by atoms with E-state index < -0.39 is 0 Å². The number of hydrogen-bond acceptors (Lipinski definition) is 3. The quantitative estimate of drug-likeness (QED) is 0.863. The summed E-state index contributed by atoms with van der Waals surface area (Å²) in [6, 6.07) is 9.68. The van der Waals surface area contributed by atoms with Crippen LogP contribution < -0.4 is 5.32 Å². The minimum Gasteiger partial charge on any atom is -0.352 e. The molecule has 0 saturated carbocycles. The summed E-state index contributed by atoms with van der Waals surface area (Å²) in [4.78, 5) is 19.4. The standard InChI is InChI=1S/C18H23N3O/c1-14-13-16(15-7-2-3-8-17(15)20-14)18(22)19-9-6-12-21-10-4-5-11-21/h2-3,7-8,13H,4-6,9-12H2,1H3,(H,19,22). The third-order valence-electron chi connectivity index (χ3n) is 4.22. The zero-order valence-corrected chi connectivity index (χ0v) is 13.1. The zero-order valence-electron chi connectivity index (χ0n) is 13.1. The van der Waals surface area contributed by atoms with E-state index in [2.05, 4.69) is 15.2 Å². The molecule has 0 radical (unpaired) electrons. The average Bonchev–Trinajstić information content (AvgIpc) is 3.04. The second-order valence-electron chi connectivity index (χ2n) is 5.99. The molecule has 22 heavy (non-hydrogen) atoms. The molecule has 3 rings (SSSR count). The number of nitrogens with zero attached hydrogens (tertiary/aromatic N) is 2. The molecule has 0 unspecified atom stereocenters. The largest absolute Gasteiger partial charge is 0.352 e. The van der Waals surface area contributed by atoms with Crippen molar-refractivity contribution in [2.24, 2.45) is 0 Å². The molecule has 1 aliphatic heterocycles. The van der Waals surface area contributed by atoms with Crippen molar-refractivity contribution >= 4 is 16.8 Å². The van der Waals surface area contributed by atoms with E-state index in [1.807, 2.05) is 37.3 Å². The normalized spacial score (nSPS) is 15.3. The van der Waals surface area contributed by atoms with Crippen LogP contribution in [0.5, 0.6) is 0 Å². The van der Waals surface area contributed by atoms with Gasteiger partial charge in [0.15, 0.2) is 0 Å². The summed E-state index contributed by atoms with van der Waals surface area (Å²) in [6.07, 6.45) is 3.64. The van der Waals surface area contributed by atoms with Crippen LogP contribution in [0.1, 0.15) is 35.3 Å². The molecule has 0 bridgehead atoms. The summed E-state index contributed by atoms with van der Waals surface area (Å²) in [6.45, 7) is 6.16. The first-order chi connectivity index (χ1) is 10.7. The highest BCUT2D eigenvalue weighted by atomic mass is 16.1. The maximum atomic E-state index is 12.5. The van der Waals surface area contributed by atoms with Crippen molar-refractivity contribution in [1.82, 2.24) is 15.2 Å².